The van der Waals surface area contributed by atoms with Gasteiger partial charge in [0.05, 0.1) is 6.61 Å². The molecule has 3 rings (SSSR count). The lowest BCUT2D eigenvalue weighted by atomic mass is 10.0. The summed E-state index contributed by atoms with van der Waals surface area (Å²) in [6.07, 6.45) is 2.90. The highest BCUT2D eigenvalue weighted by atomic mass is 16.5. The van der Waals surface area contributed by atoms with E-state index in [1.807, 2.05) is 6.07 Å². The molecule has 0 aliphatic carbocycles. The standard InChI is InChI=1S/C21H23NO/c22-15-14-20-19-11-5-4-10-18(19)12-13-21(20)23-16-6-9-17-7-2-1-3-8-17/h1-5,7-8,10-13H,6,9,14-16,22H2. The van der Waals surface area contributed by atoms with Crippen molar-refractivity contribution < 1.29 is 4.74 Å². The van der Waals surface area contributed by atoms with Crippen molar-refractivity contribution >= 4 is 10.8 Å². The number of hydrogen-bond acceptors (Lipinski definition) is 2. The van der Waals surface area contributed by atoms with Crippen LogP contribution in [0.5, 0.6) is 5.75 Å². The number of benzene rings is 3. The lowest BCUT2D eigenvalue weighted by Crippen LogP contribution is -2.07. The maximum absolute atomic E-state index is 6.06. The summed E-state index contributed by atoms with van der Waals surface area (Å²) in [7, 11) is 0. The molecule has 0 amide bonds. The molecule has 0 saturated carbocycles. The highest BCUT2D eigenvalue weighted by Crippen LogP contribution is 2.28. The molecule has 23 heavy (non-hydrogen) atoms. The average Bonchev–Trinajstić information content (AvgIpc) is 2.61. The SMILES string of the molecule is NCCc1c(OCCCc2ccccc2)ccc2ccccc12. The van der Waals surface area contributed by atoms with Gasteiger partial charge in [0, 0.05) is 5.56 Å². The number of rotatable bonds is 7. The monoisotopic (exact) mass is 305 g/mol. The molecule has 2 heteroatoms. The average molecular weight is 305 g/mol. The highest BCUT2D eigenvalue weighted by Gasteiger charge is 2.08. The predicted octanol–water partition coefficient (Wildman–Crippen LogP) is 4.35. The van der Waals surface area contributed by atoms with E-state index in [1.165, 1.54) is 21.9 Å². The first kappa shape index (κ1) is 15.6. The van der Waals surface area contributed by atoms with Crippen LogP contribution in [0.3, 0.4) is 0 Å². The van der Waals surface area contributed by atoms with Crippen molar-refractivity contribution in [3.63, 3.8) is 0 Å². The van der Waals surface area contributed by atoms with Crippen LogP contribution < -0.4 is 10.5 Å². The molecular weight excluding hydrogens is 282 g/mol. The van der Waals surface area contributed by atoms with E-state index in [2.05, 4.69) is 60.7 Å². The molecule has 0 saturated heterocycles. The second-order valence-electron chi connectivity index (χ2n) is 5.74. The number of ether oxygens (including phenoxy) is 1. The lowest BCUT2D eigenvalue weighted by molar-refractivity contribution is 0.308. The van der Waals surface area contributed by atoms with Crippen LogP contribution in [0.25, 0.3) is 10.8 Å². The first-order valence-electron chi connectivity index (χ1n) is 8.26. The molecule has 0 spiro atoms. The molecule has 0 unspecified atom stereocenters. The van der Waals surface area contributed by atoms with Crippen LogP contribution in [0.4, 0.5) is 0 Å². The molecule has 0 bridgehead atoms. The Bertz CT molecular complexity index is 752. The van der Waals surface area contributed by atoms with Crippen LogP contribution >= 0.6 is 0 Å². The van der Waals surface area contributed by atoms with Gasteiger partial charge in [0.2, 0.25) is 0 Å². The highest BCUT2D eigenvalue weighted by molar-refractivity contribution is 5.87. The van der Waals surface area contributed by atoms with E-state index in [-0.39, 0.29) is 0 Å². The summed E-state index contributed by atoms with van der Waals surface area (Å²) in [6, 6.07) is 23.2. The van der Waals surface area contributed by atoms with Gasteiger partial charge >= 0.3 is 0 Å². The third kappa shape index (κ3) is 3.91. The summed E-state index contributed by atoms with van der Waals surface area (Å²) in [6.45, 7) is 1.36. The Kier molecular flexibility index (Phi) is 5.28. The molecule has 0 heterocycles. The molecule has 0 atom stereocenters. The molecule has 0 aliphatic heterocycles. The van der Waals surface area contributed by atoms with E-state index in [4.69, 9.17) is 10.5 Å². The normalized spacial score (nSPS) is 10.8. The molecule has 2 nitrogen and oxygen atoms in total. The quantitative estimate of drug-likeness (QED) is 0.659. The van der Waals surface area contributed by atoms with Crippen LogP contribution in [0.1, 0.15) is 17.5 Å². The van der Waals surface area contributed by atoms with Crippen molar-refractivity contribution in [3.05, 3.63) is 77.9 Å². The molecule has 0 aromatic heterocycles. The summed E-state index contributed by atoms with van der Waals surface area (Å²) < 4.78 is 6.06. The fraction of sp³-hybridized carbons (Fsp3) is 0.238. The predicted molar refractivity (Wildman–Crippen MR) is 97.0 cm³/mol. The van der Waals surface area contributed by atoms with Gasteiger partial charge in [-0.05, 0) is 48.2 Å². The summed E-state index contributed by atoms with van der Waals surface area (Å²) in [5.74, 6) is 0.974. The zero-order chi connectivity index (χ0) is 15.9. The summed E-state index contributed by atoms with van der Waals surface area (Å²) in [5, 5.41) is 2.49. The molecule has 0 aliphatic rings. The minimum absolute atomic E-state index is 0.633. The molecule has 0 fully saturated rings. The van der Waals surface area contributed by atoms with E-state index in [0.717, 1.165) is 31.6 Å². The van der Waals surface area contributed by atoms with Gasteiger partial charge in [-0.1, -0.05) is 60.7 Å². The molecular formula is C21H23NO. The molecule has 2 N–H and O–H groups in total. The van der Waals surface area contributed by atoms with Crippen molar-refractivity contribution in [3.8, 4) is 5.75 Å². The largest absolute Gasteiger partial charge is 0.493 e. The van der Waals surface area contributed by atoms with Gasteiger partial charge in [0.15, 0.2) is 0 Å². The Morgan fingerprint density at radius 2 is 1.57 bits per heavy atom. The number of hydrogen-bond donors (Lipinski definition) is 1. The van der Waals surface area contributed by atoms with Crippen LogP contribution in [-0.2, 0) is 12.8 Å². The maximum Gasteiger partial charge on any atom is 0.123 e. The van der Waals surface area contributed by atoms with Gasteiger partial charge in [-0.3, -0.25) is 0 Å². The second kappa shape index (κ2) is 7.80. The first-order chi connectivity index (χ1) is 11.4. The Morgan fingerprint density at radius 3 is 2.39 bits per heavy atom. The summed E-state index contributed by atoms with van der Waals surface area (Å²) >= 11 is 0. The van der Waals surface area contributed by atoms with Gasteiger partial charge in [-0.15, -0.1) is 0 Å². The Hall–Kier alpha value is -2.32. The van der Waals surface area contributed by atoms with Gasteiger partial charge in [-0.2, -0.15) is 0 Å². The third-order valence-corrected chi connectivity index (χ3v) is 4.10. The van der Waals surface area contributed by atoms with Crippen LogP contribution in [0.15, 0.2) is 66.7 Å². The Labute approximate surface area is 137 Å². The van der Waals surface area contributed by atoms with E-state index >= 15 is 0 Å². The minimum Gasteiger partial charge on any atom is -0.493 e. The molecule has 0 radical (unpaired) electrons. The summed E-state index contributed by atoms with van der Waals surface area (Å²) in [4.78, 5) is 0. The molecule has 118 valence electrons. The van der Waals surface area contributed by atoms with Crippen molar-refractivity contribution in [2.24, 2.45) is 5.73 Å². The van der Waals surface area contributed by atoms with E-state index < -0.39 is 0 Å². The van der Waals surface area contributed by atoms with Gasteiger partial charge in [-0.25, -0.2) is 0 Å². The Balaban J connectivity index is 1.68. The number of nitrogens with two attached hydrogens (primary N) is 1. The Morgan fingerprint density at radius 1 is 0.783 bits per heavy atom. The fourth-order valence-electron chi connectivity index (χ4n) is 2.96. The maximum atomic E-state index is 6.06. The van der Waals surface area contributed by atoms with Crippen LogP contribution in [0, 0.1) is 0 Å². The topological polar surface area (TPSA) is 35.2 Å². The van der Waals surface area contributed by atoms with Crippen molar-refractivity contribution in [2.45, 2.75) is 19.3 Å². The molecule has 3 aromatic rings. The molecule has 3 aromatic carbocycles. The minimum atomic E-state index is 0.633. The lowest BCUT2D eigenvalue weighted by Gasteiger charge is -2.14. The fourth-order valence-corrected chi connectivity index (χ4v) is 2.96. The number of aryl methyl sites for hydroxylation is 1. The van der Waals surface area contributed by atoms with Gasteiger partial charge < -0.3 is 10.5 Å². The summed E-state index contributed by atoms with van der Waals surface area (Å²) in [5.41, 5.74) is 8.38. The zero-order valence-corrected chi connectivity index (χ0v) is 13.4. The third-order valence-electron chi connectivity index (χ3n) is 4.10. The zero-order valence-electron chi connectivity index (χ0n) is 13.4. The van der Waals surface area contributed by atoms with Crippen molar-refractivity contribution in [1.29, 1.82) is 0 Å². The van der Waals surface area contributed by atoms with Crippen molar-refractivity contribution in [2.75, 3.05) is 13.2 Å². The van der Waals surface area contributed by atoms with Gasteiger partial charge in [0.1, 0.15) is 5.75 Å². The van der Waals surface area contributed by atoms with E-state index in [1.54, 1.807) is 0 Å². The number of fused-ring (bicyclic) bond motifs is 1. The van der Waals surface area contributed by atoms with Crippen molar-refractivity contribution in [1.82, 2.24) is 0 Å². The van der Waals surface area contributed by atoms with Crippen LogP contribution in [0.2, 0.25) is 0 Å². The smallest absolute Gasteiger partial charge is 0.123 e. The van der Waals surface area contributed by atoms with Crippen LogP contribution in [-0.4, -0.2) is 13.2 Å². The van der Waals surface area contributed by atoms with Gasteiger partial charge in [0.25, 0.3) is 0 Å². The first-order valence-corrected chi connectivity index (χ1v) is 8.26. The van der Waals surface area contributed by atoms with E-state index in [0.29, 0.717) is 6.54 Å². The second-order valence-corrected chi connectivity index (χ2v) is 5.74. The van der Waals surface area contributed by atoms with E-state index in [9.17, 15) is 0 Å².